The van der Waals surface area contributed by atoms with E-state index in [0.717, 1.165) is 51.6 Å². The number of hydrogen-bond acceptors (Lipinski definition) is 9. The second-order valence-electron chi connectivity index (χ2n) is 11.4. The Morgan fingerprint density at radius 3 is 2.49 bits per heavy atom. The van der Waals surface area contributed by atoms with E-state index >= 15 is 0 Å². The lowest BCUT2D eigenvalue weighted by molar-refractivity contribution is -0.149. The molecule has 1 aromatic heterocycles. The number of hydrogen-bond donors (Lipinski definition) is 1. The van der Waals surface area contributed by atoms with Gasteiger partial charge in [-0.25, -0.2) is 9.78 Å². The molecule has 2 amide bonds. The Kier molecular flexibility index (Phi) is 14.2. The van der Waals surface area contributed by atoms with Crippen LogP contribution in [-0.4, -0.2) is 83.9 Å². The maximum absolute atomic E-state index is 14.0. The number of esters is 2. The number of carbonyl (C=O) groups is 4. The van der Waals surface area contributed by atoms with Gasteiger partial charge in [-0.05, 0) is 44.2 Å². The van der Waals surface area contributed by atoms with Crippen LogP contribution in [0, 0.1) is 11.8 Å². The molecule has 0 aromatic carbocycles. The van der Waals surface area contributed by atoms with Crippen molar-refractivity contribution in [2.45, 2.75) is 111 Å². The molecule has 0 spiro atoms. The van der Waals surface area contributed by atoms with Crippen molar-refractivity contribution in [1.82, 2.24) is 20.1 Å². The molecule has 1 saturated heterocycles. The summed E-state index contributed by atoms with van der Waals surface area (Å²) in [5.74, 6) is -1.35. The van der Waals surface area contributed by atoms with Crippen LogP contribution in [-0.2, 0) is 23.9 Å². The SMILES string of the molecule is CCCCN1CCCC[C@@H]1C(=O)NC(C(=O)N(C)C(CC(OC(C)=O)c1nc(C(=O)OC)cs1)C(C)C)C(C)CC. The number of nitrogens with zero attached hydrogens (tertiary/aromatic N) is 3. The van der Waals surface area contributed by atoms with E-state index in [1.54, 1.807) is 17.3 Å². The molecule has 41 heavy (non-hydrogen) atoms. The fourth-order valence-electron chi connectivity index (χ4n) is 5.36. The molecule has 0 bridgehead atoms. The van der Waals surface area contributed by atoms with Gasteiger partial charge in [0.25, 0.3) is 0 Å². The predicted molar refractivity (Wildman–Crippen MR) is 159 cm³/mol. The molecular weight excluding hydrogens is 544 g/mol. The average Bonchev–Trinajstić information content (AvgIpc) is 3.45. The number of likely N-dealkylation sites (N-methyl/N-ethyl adjacent to an activating group) is 1. The molecule has 5 atom stereocenters. The lowest BCUT2D eigenvalue weighted by Crippen LogP contribution is -2.58. The molecule has 1 fully saturated rings. The summed E-state index contributed by atoms with van der Waals surface area (Å²) in [6.45, 7) is 13.3. The minimum absolute atomic E-state index is 0.0122. The molecule has 1 N–H and O–H groups in total. The quantitative estimate of drug-likeness (QED) is 0.293. The number of thiazole rings is 1. The fraction of sp³-hybridized carbons (Fsp3) is 0.767. The van der Waals surface area contributed by atoms with Crippen molar-refractivity contribution in [1.29, 1.82) is 0 Å². The minimum atomic E-state index is -0.746. The summed E-state index contributed by atoms with van der Waals surface area (Å²) in [6.07, 6.45) is 5.28. The smallest absolute Gasteiger partial charge is 0.357 e. The number of unbranched alkanes of at least 4 members (excludes halogenated alkanes) is 1. The monoisotopic (exact) mass is 594 g/mol. The number of rotatable bonds is 15. The molecule has 0 saturated carbocycles. The van der Waals surface area contributed by atoms with Crippen LogP contribution in [0.2, 0.25) is 0 Å². The van der Waals surface area contributed by atoms with E-state index in [0.29, 0.717) is 11.4 Å². The van der Waals surface area contributed by atoms with Crippen molar-refractivity contribution in [2.75, 3.05) is 27.2 Å². The molecule has 2 rings (SSSR count). The van der Waals surface area contributed by atoms with E-state index in [9.17, 15) is 19.2 Å². The van der Waals surface area contributed by atoms with Crippen molar-refractivity contribution in [2.24, 2.45) is 11.8 Å². The number of ether oxygens (including phenoxy) is 2. The first kappa shape index (κ1) is 34.7. The molecule has 0 radical (unpaired) electrons. The summed E-state index contributed by atoms with van der Waals surface area (Å²) in [6, 6.07) is -1.22. The van der Waals surface area contributed by atoms with Crippen LogP contribution in [0.5, 0.6) is 0 Å². The van der Waals surface area contributed by atoms with Gasteiger partial charge in [-0.3, -0.25) is 19.3 Å². The average molecular weight is 595 g/mol. The highest BCUT2D eigenvalue weighted by Gasteiger charge is 2.37. The van der Waals surface area contributed by atoms with Crippen LogP contribution < -0.4 is 5.32 Å². The van der Waals surface area contributed by atoms with Gasteiger partial charge in [0, 0.05) is 31.8 Å². The lowest BCUT2D eigenvalue weighted by Gasteiger charge is -2.39. The zero-order chi connectivity index (χ0) is 30.7. The van der Waals surface area contributed by atoms with Crippen molar-refractivity contribution < 1.29 is 28.7 Å². The summed E-state index contributed by atoms with van der Waals surface area (Å²) in [5, 5.41) is 5.17. The highest BCUT2D eigenvalue weighted by atomic mass is 32.1. The third-order valence-electron chi connectivity index (χ3n) is 8.06. The highest BCUT2D eigenvalue weighted by Crippen LogP contribution is 2.31. The predicted octanol–water partition coefficient (Wildman–Crippen LogP) is 4.59. The van der Waals surface area contributed by atoms with E-state index in [4.69, 9.17) is 9.47 Å². The third-order valence-corrected chi connectivity index (χ3v) is 9.00. The van der Waals surface area contributed by atoms with Gasteiger partial charge in [-0.2, -0.15) is 0 Å². The Morgan fingerprint density at radius 1 is 1.20 bits per heavy atom. The first-order valence-corrected chi connectivity index (χ1v) is 15.8. The zero-order valence-electron chi connectivity index (χ0n) is 26.1. The summed E-state index contributed by atoms with van der Waals surface area (Å²) in [4.78, 5) is 59.9. The Balaban J connectivity index is 2.28. The maximum atomic E-state index is 14.0. The van der Waals surface area contributed by atoms with Crippen LogP contribution in [0.1, 0.15) is 108 Å². The molecule has 232 valence electrons. The maximum Gasteiger partial charge on any atom is 0.357 e. The van der Waals surface area contributed by atoms with Gasteiger partial charge < -0.3 is 19.7 Å². The second kappa shape index (κ2) is 16.8. The summed E-state index contributed by atoms with van der Waals surface area (Å²) in [5.41, 5.74) is 0.144. The number of amides is 2. The molecule has 1 aliphatic heterocycles. The molecule has 1 aromatic rings. The summed E-state index contributed by atoms with van der Waals surface area (Å²) < 4.78 is 10.4. The number of nitrogens with one attached hydrogen (secondary N) is 1. The number of carbonyl (C=O) groups excluding carboxylic acids is 4. The van der Waals surface area contributed by atoms with Crippen molar-refractivity contribution in [3.05, 3.63) is 16.1 Å². The minimum Gasteiger partial charge on any atom is -0.464 e. The summed E-state index contributed by atoms with van der Waals surface area (Å²) >= 11 is 1.21. The largest absolute Gasteiger partial charge is 0.464 e. The molecule has 4 unspecified atom stereocenters. The van der Waals surface area contributed by atoms with E-state index in [-0.39, 0.29) is 41.4 Å². The molecule has 1 aliphatic rings. The number of likely N-dealkylation sites (tertiary alicyclic amines) is 1. The van der Waals surface area contributed by atoms with E-state index in [1.165, 1.54) is 25.4 Å². The van der Waals surface area contributed by atoms with Gasteiger partial charge in [0.05, 0.1) is 13.2 Å². The van der Waals surface area contributed by atoms with Gasteiger partial charge >= 0.3 is 11.9 Å². The number of methoxy groups -OCH3 is 1. The molecule has 2 heterocycles. The van der Waals surface area contributed by atoms with Gasteiger partial charge in [-0.1, -0.05) is 53.9 Å². The fourth-order valence-corrected chi connectivity index (χ4v) is 6.19. The van der Waals surface area contributed by atoms with Crippen molar-refractivity contribution in [3.8, 4) is 0 Å². The van der Waals surface area contributed by atoms with Crippen LogP contribution in [0.25, 0.3) is 0 Å². The van der Waals surface area contributed by atoms with E-state index in [2.05, 4.69) is 22.1 Å². The topological polar surface area (TPSA) is 118 Å². The Hall–Kier alpha value is -2.53. The molecule has 10 nitrogen and oxygen atoms in total. The number of aromatic nitrogens is 1. The molecular formula is C30H50N4O6S. The molecule has 0 aliphatic carbocycles. The van der Waals surface area contributed by atoms with Crippen LogP contribution in [0.4, 0.5) is 0 Å². The van der Waals surface area contributed by atoms with Crippen LogP contribution in [0.15, 0.2) is 5.38 Å². The Labute approximate surface area is 249 Å². The van der Waals surface area contributed by atoms with Crippen molar-refractivity contribution in [3.63, 3.8) is 0 Å². The summed E-state index contributed by atoms with van der Waals surface area (Å²) in [7, 11) is 3.03. The Morgan fingerprint density at radius 2 is 1.90 bits per heavy atom. The van der Waals surface area contributed by atoms with E-state index in [1.807, 2.05) is 27.7 Å². The third kappa shape index (κ3) is 9.77. The van der Waals surface area contributed by atoms with Gasteiger partial charge in [0.15, 0.2) is 11.8 Å². The second-order valence-corrected chi connectivity index (χ2v) is 12.3. The van der Waals surface area contributed by atoms with E-state index < -0.39 is 24.1 Å². The van der Waals surface area contributed by atoms with Crippen LogP contribution in [0.3, 0.4) is 0 Å². The highest BCUT2D eigenvalue weighted by molar-refractivity contribution is 7.09. The first-order valence-electron chi connectivity index (χ1n) is 15.0. The normalized spacial score (nSPS) is 18.7. The van der Waals surface area contributed by atoms with Gasteiger partial charge in [0.2, 0.25) is 11.8 Å². The lowest BCUT2D eigenvalue weighted by atomic mass is 9.92. The zero-order valence-corrected chi connectivity index (χ0v) is 26.9. The number of piperidine rings is 1. The van der Waals surface area contributed by atoms with Crippen LogP contribution >= 0.6 is 11.3 Å². The first-order chi connectivity index (χ1) is 19.4. The standard InChI is InChI=1S/C30H50N4O6S/c1-9-11-15-34-16-13-12-14-23(34)27(36)32-26(20(5)10-2)29(37)33(7)24(19(3)4)17-25(40-21(6)35)28-31-22(18-41-28)30(38)39-8/h18-20,23-26H,9-17H2,1-8H3,(H,32,36)/t20?,23-,24?,25?,26?/m1/s1. The van der Waals surface area contributed by atoms with Crippen molar-refractivity contribution >= 4 is 35.1 Å². The molecule has 11 heteroatoms. The van der Waals surface area contributed by atoms with Gasteiger partial charge in [0.1, 0.15) is 11.0 Å². The Bertz CT molecular complexity index is 1010. The van der Waals surface area contributed by atoms with Gasteiger partial charge in [-0.15, -0.1) is 11.3 Å².